The van der Waals surface area contributed by atoms with E-state index in [1.54, 1.807) is 0 Å². The third-order valence-corrected chi connectivity index (χ3v) is 4.91. The van der Waals surface area contributed by atoms with Crippen LogP contribution in [0.1, 0.15) is 0 Å². The smallest absolute Gasteiger partial charge is 0.438 e. The van der Waals surface area contributed by atoms with Crippen molar-refractivity contribution in [2.24, 2.45) is 0 Å². The van der Waals surface area contributed by atoms with Gasteiger partial charge in [-0.15, -0.1) is 0 Å². The van der Waals surface area contributed by atoms with Gasteiger partial charge in [-0.3, -0.25) is 0 Å². The Labute approximate surface area is 106 Å². The summed E-state index contributed by atoms with van der Waals surface area (Å²) in [6.07, 6.45) is -0.645. The number of methoxy groups -OCH3 is 1. The minimum atomic E-state index is -0.645. The van der Waals surface area contributed by atoms with E-state index in [4.69, 9.17) is 0 Å². The van der Waals surface area contributed by atoms with Gasteiger partial charge in [-0.1, -0.05) is 0 Å². The number of hydrogen-bond acceptors (Lipinski definition) is 3. The molecule has 0 saturated carbocycles. The van der Waals surface area contributed by atoms with Crippen LogP contribution in [0, 0.1) is 0 Å². The number of carbonyl (C=O) groups is 1. The summed E-state index contributed by atoms with van der Waals surface area (Å²) in [6, 6.07) is 0. The Hall–Kier alpha value is 1.20. The van der Waals surface area contributed by atoms with Crippen LogP contribution in [0.2, 0.25) is 0 Å². The quantitative estimate of drug-likeness (QED) is 0.438. The lowest BCUT2D eigenvalue weighted by Crippen LogP contribution is -2.05. The van der Waals surface area contributed by atoms with E-state index in [1.165, 1.54) is 7.11 Å². The van der Waals surface area contributed by atoms with E-state index >= 15 is 0 Å². The summed E-state index contributed by atoms with van der Waals surface area (Å²) >= 11 is 6.42. The molecule has 3 nitrogen and oxygen atoms in total. The van der Waals surface area contributed by atoms with E-state index in [2.05, 4.69) is 77.2 Å². The number of rotatable bonds is 2. The summed E-state index contributed by atoms with van der Waals surface area (Å²) in [7, 11) is 1.29. The second-order valence-corrected chi connectivity index (χ2v) is 6.93. The molecule has 0 spiro atoms. The van der Waals surface area contributed by atoms with Gasteiger partial charge in [0.1, 0.15) is 6.61 Å². The summed E-state index contributed by atoms with van der Waals surface area (Å²) in [5.74, 6) is 0. The highest BCUT2D eigenvalue weighted by atomic mass is 127. The van der Waals surface area contributed by atoms with E-state index in [9.17, 15) is 4.79 Å². The van der Waals surface area contributed by atoms with Gasteiger partial charge in [0.15, 0.2) is 0 Å². The lowest BCUT2D eigenvalue weighted by molar-refractivity contribution is 0.0815. The van der Waals surface area contributed by atoms with Crippen LogP contribution >= 0.6 is 67.8 Å². The summed E-state index contributed by atoms with van der Waals surface area (Å²) in [6.45, 7) is 0.286. The van der Waals surface area contributed by atoms with Crippen molar-refractivity contribution in [3.8, 4) is 0 Å². The second-order valence-electron chi connectivity index (χ2n) is 1.41. The molecule has 0 N–H and O–H groups in total. The van der Waals surface area contributed by atoms with Crippen LogP contribution in [-0.4, -0.2) is 19.9 Å². The molecule has 0 fully saturated rings. The van der Waals surface area contributed by atoms with E-state index < -0.39 is 6.16 Å². The standard InChI is InChI=1S/C5H5I3O3/c1-10-5(9)11-2-3(6)4(7)8/h2H2,1H3. The first kappa shape index (κ1) is 12.2. The lowest BCUT2D eigenvalue weighted by atomic mass is 10.7. The van der Waals surface area contributed by atoms with Gasteiger partial charge in [-0.05, 0) is 67.8 Å². The molecular weight excluding hydrogens is 489 g/mol. The molecule has 6 heteroatoms. The first-order valence-electron chi connectivity index (χ1n) is 2.48. The maximum atomic E-state index is 10.5. The predicted octanol–water partition coefficient (Wildman–Crippen LogP) is 3.24. The third-order valence-electron chi connectivity index (χ3n) is 0.688. The van der Waals surface area contributed by atoms with Gasteiger partial charge in [-0.2, -0.15) is 0 Å². The van der Waals surface area contributed by atoms with Crippen molar-refractivity contribution in [3.05, 3.63) is 5.17 Å². The van der Waals surface area contributed by atoms with Crippen LogP contribution in [0.25, 0.3) is 0 Å². The molecule has 64 valence electrons. The molecule has 0 aliphatic heterocycles. The van der Waals surface area contributed by atoms with Gasteiger partial charge in [0.2, 0.25) is 0 Å². The molecular formula is C5H5I3O3. The van der Waals surface area contributed by atoms with Crippen molar-refractivity contribution < 1.29 is 14.3 Å². The number of halogens is 3. The molecule has 0 amide bonds. The molecule has 0 rings (SSSR count). The molecule has 0 aliphatic rings. The summed E-state index contributed by atoms with van der Waals surface area (Å²) in [4.78, 5) is 10.5. The van der Waals surface area contributed by atoms with Crippen LogP contribution in [0.4, 0.5) is 4.79 Å². The Bertz CT molecular complexity index is 174. The van der Waals surface area contributed by atoms with Crippen molar-refractivity contribution in [1.82, 2.24) is 0 Å². The Morgan fingerprint density at radius 3 is 2.27 bits per heavy atom. The highest BCUT2D eigenvalue weighted by Gasteiger charge is 2.03. The van der Waals surface area contributed by atoms with Crippen LogP contribution in [0.5, 0.6) is 0 Å². The molecule has 11 heavy (non-hydrogen) atoms. The monoisotopic (exact) mass is 494 g/mol. The van der Waals surface area contributed by atoms with Crippen molar-refractivity contribution in [3.63, 3.8) is 0 Å². The van der Waals surface area contributed by atoms with Crippen molar-refractivity contribution in [2.75, 3.05) is 13.7 Å². The van der Waals surface area contributed by atoms with Crippen LogP contribution < -0.4 is 0 Å². The zero-order chi connectivity index (χ0) is 8.85. The van der Waals surface area contributed by atoms with Gasteiger partial charge in [0, 0.05) is 3.58 Å². The van der Waals surface area contributed by atoms with Crippen molar-refractivity contribution in [1.29, 1.82) is 0 Å². The van der Waals surface area contributed by atoms with Gasteiger partial charge < -0.3 is 9.47 Å². The Balaban J connectivity index is 3.72. The molecule has 0 radical (unpaired) electrons. The maximum Gasteiger partial charge on any atom is 0.508 e. The third kappa shape index (κ3) is 6.37. The summed E-state index contributed by atoms with van der Waals surface area (Å²) in [5, 5.41) is 0. The minimum Gasteiger partial charge on any atom is -0.438 e. The van der Waals surface area contributed by atoms with Crippen LogP contribution in [0.3, 0.4) is 0 Å². The fourth-order valence-corrected chi connectivity index (χ4v) is 0.703. The number of ether oxygens (including phenoxy) is 2. The topological polar surface area (TPSA) is 35.5 Å². The molecule has 0 aliphatic carbocycles. The molecule has 0 heterocycles. The SMILES string of the molecule is COC(=O)OCC(I)=C(I)I. The summed E-state index contributed by atoms with van der Waals surface area (Å²) < 4.78 is 11.0. The Morgan fingerprint density at radius 1 is 1.36 bits per heavy atom. The summed E-state index contributed by atoms with van der Waals surface area (Å²) in [5.41, 5.74) is 0. The zero-order valence-corrected chi connectivity index (χ0v) is 12.0. The van der Waals surface area contributed by atoms with E-state index in [1.807, 2.05) is 0 Å². The highest BCUT2D eigenvalue weighted by Crippen LogP contribution is 2.25. The van der Waals surface area contributed by atoms with Crippen molar-refractivity contribution in [2.45, 2.75) is 0 Å². The number of carbonyl (C=O) groups excluding carboxylic acids is 1. The average molecular weight is 494 g/mol. The van der Waals surface area contributed by atoms with E-state index in [-0.39, 0.29) is 6.61 Å². The van der Waals surface area contributed by atoms with Crippen LogP contribution in [0.15, 0.2) is 5.17 Å². The normalized spacial score (nSPS) is 8.73. The Kier molecular flexibility index (Phi) is 7.42. The van der Waals surface area contributed by atoms with Gasteiger partial charge in [0.25, 0.3) is 0 Å². The molecule has 0 aromatic heterocycles. The van der Waals surface area contributed by atoms with Gasteiger partial charge in [0.05, 0.1) is 8.70 Å². The molecule has 0 aromatic carbocycles. The Morgan fingerprint density at radius 2 is 1.91 bits per heavy atom. The maximum absolute atomic E-state index is 10.5. The number of hydrogen-bond donors (Lipinski definition) is 0. The zero-order valence-electron chi connectivity index (χ0n) is 5.57. The fourth-order valence-electron chi connectivity index (χ4n) is 0.236. The minimum absolute atomic E-state index is 0.286. The highest BCUT2D eigenvalue weighted by molar-refractivity contribution is 14.2. The lowest BCUT2D eigenvalue weighted by Gasteiger charge is -2.01. The molecule has 0 bridgehead atoms. The van der Waals surface area contributed by atoms with Crippen LogP contribution in [-0.2, 0) is 9.47 Å². The second kappa shape index (κ2) is 6.69. The van der Waals surface area contributed by atoms with E-state index in [0.29, 0.717) is 0 Å². The fraction of sp³-hybridized carbons (Fsp3) is 0.400. The molecule has 0 unspecified atom stereocenters. The molecule has 0 atom stereocenters. The van der Waals surface area contributed by atoms with Gasteiger partial charge in [-0.25, -0.2) is 4.79 Å². The average Bonchev–Trinajstić information content (AvgIpc) is 1.99. The predicted molar refractivity (Wildman–Crippen MR) is 67.4 cm³/mol. The largest absolute Gasteiger partial charge is 0.508 e. The van der Waals surface area contributed by atoms with E-state index in [0.717, 1.165) is 5.17 Å². The van der Waals surface area contributed by atoms with Crippen molar-refractivity contribution >= 4 is 73.9 Å². The van der Waals surface area contributed by atoms with Gasteiger partial charge >= 0.3 is 6.16 Å². The first-order chi connectivity index (χ1) is 5.07. The molecule has 0 aromatic rings. The first-order valence-corrected chi connectivity index (χ1v) is 5.72. The molecule has 0 saturated heterocycles.